The first kappa shape index (κ1) is 14.1. The van der Waals surface area contributed by atoms with Crippen LogP contribution < -0.4 is 0 Å². The molecule has 1 heterocycles. The molecule has 0 atom stereocenters. The molecule has 1 aromatic heterocycles. The molecule has 0 fully saturated rings. The third-order valence-electron chi connectivity index (χ3n) is 2.37. The van der Waals surface area contributed by atoms with E-state index in [0.29, 0.717) is 20.0 Å². The van der Waals surface area contributed by atoms with E-state index in [1.807, 2.05) is 6.92 Å². The van der Waals surface area contributed by atoms with Gasteiger partial charge in [-0.25, -0.2) is 4.98 Å². The summed E-state index contributed by atoms with van der Waals surface area (Å²) in [5, 5.41) is 12.2. The summed E-state index contributed by atoms with van der Waals surface area (Å²) in [6.45, 7) is 1.84. The molecular formula is C12H8Cl2N2O2S. The van der Waals surface area contributed by atoms with E-state index in [9.17, 15) is 10.1 Å². The van der Waals surface area contributed by atoms with Crippen LogP contribution in [0.1, 0.15) is 5.56 Å². The quantitative estimate of drug-likeness (QED) is 0.605. The lowest BCUT2D eigenvalue weighted by atomic mass is 10.2. The first-order valence-corrected chi connectivity index (χ1v) is 6.79. The lowest BCUT2D eigenvalue weighted by Gasteiger charge is -2.06. The summed E-state index contributed by atoms with van der Waals surface area (Å²) in [4.78, 5) is 15.2. The van der Waals surface area contributed by atoms with Crippen molar-refractivity contribution in [3.05, 3.63) is 56.2 Å². The van der Waals surface area contributed by atoms with Crippen LogP contribution in [-0.4, -0.2) is 9.91 Å². The number of aryl methyl sites for hydroxylation is 1. The minimum atomic E-state index is -0.466. The van der Waals surface area contributed by atoms with Gasteiger partial charge in [0.15, 0.2) is 5.03 Å². The zero-order valence-electron chi connectivity index (χ0n) is 9.76. The first-order chi connectivity index (χ1) is 8.99. The Morgan fingerprint density at radius 1 is 1.32 bits per heavy atom. The van der Waals surface area contributed by atoms with Gasteiger partial charge in [-0.15, -0.1) is 0 Å². The molecule has 0 spiro atoms. The highest BCUT2D eigenvalue weighted by molar-refractivity contribution is 7.99. The van der Waals surface area contributed by atoms with Crippen LogP contribution in [0, 0.1) is 17.0 Å². The number of hydrogen-bond acceptors (Lipinski definition) is 4. The van der Waals surface area contributed by atoms with Crippen molar-refractivity contribution in [3.63, 3.8) is 0 Å². The van der Waals surface area contributed by atoms with E-state index in [1.54, 1.807) is 12.1 Å². The van der Waals surface area contributed by atoms with Gasteiger partial charge in [0, 0.05) is 22.2 Å². The van der Waals surface area contributed by atoms with Crippen molar-refractivity contribution < 1.29 is 4.92 Å². The molecule has 0 aliphatic carbocycles. The van der Waals surface area contributed by atoms with Gasteiger partial charge in [0.05, 0.1) is 9.95 Å². The number of pyridine rings is 1. The van der Waals surface area contributed by atoms with Crippen LogP contribution in [0.2, 0.25) is 10.0 Å². The van der Waals surface area contributed by atoms with E-state index in [0.717, 1.165) is 17.3 Å². The summed E-state index contributed by atoms with van der Waals surface area (Å²) in [5.41, 5.74) is 0.809. The Balaban J connectivity index is 2.42. The molecular weight excluding hydrogens is 307 g/mol. The topological polar surface area (TPSA) is 56.0 Å². The summed E-state index contributed by atoms with van der Waals surface area (Å²) < 4.78 is 0. The van der Waals surface area contributed by atoms with Crippen LogP contribution in [0.15, 0.2) is 40.4 Å². The fourth-order valence-corrected chi connectivity index (χ4v) is 2.87. The van der Waals surface area contributed by atoms with Crippen molar-refractivity contribution in [1.29, 1.82) is 0 Å². The molecule has 0 aliphatic heterocycles. The fourth-order valence-electron chi connectivity index (χ4n) is 1.41. The van der Waals surface area contributed by atoms with Gasteiger partial charge in [-0.2, -0.15) is 0 Å². The molecule has 0 bridgehead atoms. The maximum Gasteiger partial charge on any atom is 0.301 e. The Morgan fingerprint density at radius 3 is 2.74 bits per heavy atom. The highest BCUT2D eigenvalue weighted by Gasteiger charge is 2.17. The molecule has 19 heavy (non-hydrogen) atoms. The van der Waals surface area contributed by atoms with Crippen LogP contribution in [0.4, 0.5) is 5.69 Å². The summed E-state index contributed by atoms with van der Waals surface area (Å²) in [7, 11) is 0. The predicted octanol–water partition coefficient (Wildman–Crippen LogP) is 4.76. The number of benzene rings is 1. The molecule has 0 saturated carbocycles. The minimum Gasteiger partial charge on any atom is -0.258 e. The van der Waals surface area contributed by atoms with Gasteiger partial charge in [0.25, 0.3) is 0 Å². The largest absolute Gasteiger partial charge is 0.301 e. The van der Waals surface area contributed by atoms with Gasteiger partial charge in [-0.3, -0.25) is 10.1 Å². The van der Waals surface area contributed by atoms with Gasteiger partial charge in [-0.05, 0) is 30.7 Å². The molecule has 0 aliphatic rings. The van der Waals surface area contributed by atoms with Gasteiger partial charge >= 0.3 is 5.69 Å². The maximum atomic E-state index is 10.9. The van der Waals surface area contributed by atoms with Crippen molar-refractivity contribution in [2.45, 2.75) is 16.8 Å². The van der Waals surface area contributed by atoms with E-state index < -0.39 is 4.92 Å². The summed E-state index contributed by atoms with van der Waals surface area (Å²) in [5.74, 6) is 0. The normalized spacial score (nSPS) is 10.5. The molecule has 4 nitrogen and oxygen atoms in total. The SMILES string of the molecule is Cc1cc(Sc2ncccc2[N+](=O)[O-])c(Cl)cc1Cl. The zero-order chi connectivity index (χ0) is 14.0. The number of nitro groups is 1. The van der Waals surface area contributed by atoms with Crippen molar-refractivity contribution in [2.75, 3.05) is 0 Å². The third kappa shape index (κ3) is 3.18. The molecule has 0 N–H and O–H groups in total. The number of aromatic nitrogens is 1. The number of hydrogen-bond donors (Lipinski definition) is 0. The summed E-state index contributed by atoms with van der Waals surface area (Å²) in [6.07, 6.45) is 1.51. The van der Waals surface area contributed by atoms with Crippen LogP contribution in [0.3, 0.4) is 0 Å². The van der Waals surface area contributed by atoms with Crippen molar-refractivity contribution in [3.8, 4) is 0 Å². The predicted molar refractivity (Wildman–Crippen MR) is 76.2 cm³/mol. The Bertz CT molecular complexity index is 650. The van der Waals surface area contributed by atoms with Crippen molar-refractivity contribution >= 4 is 40.7 Å². The Labute approximate surface area is 123 Å². The van der Waals surface area contributed by atoms with Crippen molar-refractivity contribution in [1.82, 2.24) is 4.98 Å². The number of rotatable bonds is 3. The standard InChI is InChI=1S/C12H8Cl2N2O2S/c1-7-5-11(9(14)6-8(7)13)19-12-10(16(17)18)3-2-4-15-12/h2-6H,1H3. The lowest BCUT2D eigenvalue weighted by Crippen LogP contribution is -1.93. The van der Waals surface area contributed by atoms with E-state index >= 15 is 0 Å². The zero-order valence-corrected chi connectivity index (χ0v) is 12.1. The average molecular weight is 315 g/mol. The second-order valence-electron chi connectivity index (χ2n) is 3.72. The van der Waals surface area contributed by atoms with Gasteiger partial charge in [0.1, 0.15) is 0 Å². The number of halogens is 2. The van der Waals surface area contributed by atoms with Crippen LogP contribution in [0.5, 0.6) is 0 Å². The van der Waals surface area contributed by atoms with E-state index in [1.165, 1.54) is 18.3 Å². The smallest absolute Gasteiger partial charge is 0.258 e. The van der Waals surface area contributed by atoms with Crippen molar-refractivity contribution in [2.24, 2.45) is 0 Å². The second kappa shape index (κ2) is 5.77. The Morgan fingerprint density at radius 2 is 2.05 bits per heavy atom. The molecule has 98 valence electrons. The first-order valence-electron chi connectivity index (χ1n) is 5.22. The molecule has 0 saturated heterocycles. The van der Waals surface area contributed by atoms with Gasteiger partial charge < -0.3 is 0 Å². The number of nitrogens with zero attached hydrogens (tertiary/aromatic N) is 2. The average Bonchev–Trinajstić information content (AvgIpc) is 2.36. The third-order valence-corrected chi connectivity index (χ3v) is 4.27. The Kier molecular flexibility index (Phi) is 4.29. The van der Waals surface area contributed by atoms with Gasteiger partial charge in [0.2, 0.25) is 0 Å². The minimum absolute atomic E-state index is 0.0452. The van der Waals surface area contributed by atoms with Crippen LogP contribution in [0.25, 0.3) is 0 Å². The maximum absolute atomic E-state index is 10.9. The highest BCUT2D eigenvalue weighted by atomic mass is 35.5. The molecule has 7 heteroatoms. The Hall–Kier alpha value is -1.30. The molecule has 2 aromatic rings. The van der Waals surface area contributed by atoms with Crippen LogP contribution >= 0.6 is 35.0 Å². The van der Waals surface area contributed by atoms with Gasteiger partial charge in [-0.1, -0.05) is 35.0 Å². The lowest BCUT2D eigenvalue weighted by molar-refractivity contribution is -0.388. The highest BCUT2D eigenvalue weighted by Crippen LogP contribution is 2.38. The van der Waals surface area contributed by atoms with Crippen LogP contribution in [-0.2, 0) is 0 Å². The van der Waals surface area contributed by atoms with E-state index in [4.69, 9.17) is 23.2 Å². The van der Waals surface area contributed by atoms with E-state index in [-0.39, 0.29) is 5.69 Å². The molecule has 0 amide bonds. The molecule has 0 unspecified atom stereocenters. The second-order valence-corrected chi connectivity index (χ2v) is 5.56. The molecule has 2 rings (SSSR count). The molecule has 0 radical (unpaired) electrons. The fraction of sp³-hybridized carbons (Fsp3) is 0.0833. The van der Waals surface area contributed by atoms with E-state index in [2.05, 4.69) is 4.98 Å². The summed E-state index contributed by atoms with van der Waals surface area (Å²) >= 11 is 13.2. The molecule has 1 aromatic carbocycles. The summed E-state index contributed by atoms with van der Waals surface area (Å²) in [6, 6.07) is 6.34. The monoisotopic (exact) mass is 314 g/mol.